The molecule has 1 aromatic carbocycles. The second-order valence-electron chi connectivity index (χ2n) is 4.66. The first-order valence-corrected chi connectivity index (χ1v) is 6.76. The summed E-state index contributed by atoms with van der Waals surface area (Å²) in [5, 5.41) is 3.13. The molecule has 1 aromatic rings. The van der Waals surface area contributed by atoms with Crippen molar-refractivity contribution in [3.8, 4) is 0 Å². The lowest BCUT2D eigenvalue weighted by Crippen LogP contribution is -2.42. The third-order valence-corrected chi connectivity index (χ3v) is 3.83. The number of amides is 2. The van der Waals surface area contributed by atoms with Crippen LogP contribution in [0.3, 0.4) is 0 Å². The summed E-state index contributed by atoms with van der Waals surface area (Å²) in [4.78, 5) is 25.6. The molecule has 2 rings (SSSR count). The molecule has 4 nitrogen and oxygen atoms in total. The number of halogens is 1. The molecule has 1 heterocycles. The van der Waals surface area contributed by atoms with Crippen molar-refractivity contribution < 1.29 is 9.59 Å². The van der Waals surface area contributed by atoms with Gasteiger partial charge >= 0.3 is 0 Å². The topological polar surface area (TPSA) is 49.4 Å². The SMILES string of the molecule is CNC(=O)C1CCN(C(=O)c2ccccc2Cl)CC1. The molecule has 19 heavy (non-hydrogen) atoms. The molecule has 1 saturated heterocycles. The molecule has 0 aliphatic carbocycles. The van der Waals surface area contributed by atoms with Crippen LogP contribution >= 0.6 is 11.6 Å². The predicted octanol–water partition coefficient (Wildman–Crippen LogP) is 1.94. The Morgan fingerprint density at radius 2 is 1.89 bits per heavy atom. The van der Waals surface area contributed by atoms with Crippen LogP contribution < -0.4 is 5.32 Å². The van der Waals surface area contributed by atoms with Crippen molar-refractivity contribution in [1.29, 1.82) is 0 Å². The average molecular weight is 281 g/mol. The lowest BCUT2D eigenvalue weighted by atomic mass is 9.95. The highest BCUT2D eigenvalue weighted by Crippen LogP contribution is 2.22. The maximum Gasteiger partial charge on any atom is 0.255 e. The van der Waals surface area contributed by atoms with Gasteiger partial charge in [-0.25, -0.2) is 0 Å². The predicted molar refractivity (Wildman–Crippen MR) is 74.1 cm³/mol. The zero-order valence-corrected chi connectivity index (χ0v) is 11.6. The number of hydrogen-bond acceptors (Lipinski definition) is 2. The Hall–Kier alpha value is -1.55. The van der Waals surface area contributed by atoms with Crippen LogP contribution in [0, 0.1) is 5.92 Å². The summed E-state index contributed by atoms with van der Waals surface area (Å²) in [7, 11) is 1.64. The van der Waals surface area contributed by atoms with Gasteiger partial charge in [0.25, 0.3) is 5.91 Å². The van der Waals surface area contributed by atoms with Crippen molar-refractivity contribution in [1.82, 2.24) is 10.2 Å². The van der Waals surface area contributed by atoms with E-state index < -0.39 is 0 Å². The fraction of sp³-hybridized carbons (Fsp3) is 0.429. The van der Waals surface area contributed by atoms with Crippen LogP contribution in [0.25, 0.3) is 0 Å². The van der Waals surface area contributed by atoms with Gasteiger partial charge < -0.3 is 10.2 Å². The van der Waals surface area contributed by atoms with E-state index in [1.165, 1.54) is 0 Å². The molecular weight excluding hydrogens is 264 g/mol. The molecule has 0 unspecified atom stereocenters. The van der Waals surface area contributed by atoms with E-state index in [0.717, 1.165) is 0 Å². The van der Waals surface area contributed by atoms with Crippen LogP contribution in [0.4, 0.5) is 0 Å². The van der Waals surface area contributed by atoms with Crippen LogP contribution in [0.5, 0.6) is 0 Å². The van der Waals surface area contributed by atoms with Crippen molar-refractivity contribution in [3.05, 3.63) is 34.9 Å². The van der Waals surface area contributed by atoms with E-state index in [1.54, 1.807) is 36.2 Å². The number of carbonyl (C=O) groups is 2. The molecule has 0 spiro atoms. The highest BCUT2D eigenvalue weighted by atomic mass is 35.5. The largest absolute Gasteiger partial charge is 0.359 e. The Morgan fingerprint density at radius 1 is 1.26 bits per heavy atom. The quantitative estimate of drug-likeness (QED) is 0.900. The third-order valence-electron chi connectivity index (χ3n) is 3.50. The highest BCUT2D eigenvalue weighted by Gasteiger charge is 2.27. The molecule has 0 atom stereocenters. The van der Waals surface area contributed by atoms with E-state index in [1.807, 2.05) is 0 Å². The van der Waals surface area contributed by atoms with Crippen LogP contribution in [0.2, 0.25) is 5.02 Å². The maximum atomic E-state index is 12.3. The van der Waals surface area contributed by atoms with Crippen LogP contribution in [0.1, 0.15) is 23.2 Å². The molecule has 1 aliphatic rings. The van der Waals surface area contributed by atoms with Crippen molar-refractivity contribution in [2.45, 2.75) is 12.8 Å². The molecule has 0 bridgehead atoms. The number of likely N-dealkylation sites (tertiary alicyclic amines) is 1. The molecule has 1 N–H and O–H groups in total. The summed E-state index contributed by atoms with van der Waals surface area (Å²) < 4.78 is 0. The van der Waals surface area contributed by atoms with Gasteiger partial charge in [0.2, 0.25) is 5.91 Å². The lowest BCUT2D eigenvalue weighted by Gasteiger charge is -2.31. The normalized spacial score (nSPS) is 16.2. The van der Waals surface area contributed by atoms with Gasteiger partial charge in [-0.15, -0.1) is 0 Å². The van der Waals surface area contributed by atoms with Crippen molar-refractivity contribution >= 4 is 23.4 Å². The highest BCUT2D eigenvalue weighted by molar-refractivity contribution is 6.33. The van der Waals surface area contributed by atoms with E-state index >= 15 is 0 Å². The monoisotopic (exact) mass is 280 g/mol. The molecule has 102 valence electrons. The second-order valence-corrected chi connectivity index (χ2v) is 5.07. The minimum atomic E-state index is -0.0547. The molecule has 0 saturated carbocycles. The minimum Gasteiger partial charge on any atom is -0.359 e. The smallest absolute Gasteiger partial charge is 0.255 e. The fourth-order valence-electron chi connectivity index (χ4n) is 2.35. The van der Waals surface area contributed by atoms with Crippen molar-refractivity contribution in [2.24, 2.45) is 5.92 Å². The van der Waals surface area contributed by atoms with Gasteiger partial charge in [-0.2, -0.15) is 0 Å². The van der Waals surface area contributed by atoms with Gasteiger partial charge in [0.05, 0.1) is 10.6 Å². The van der Waals surface area contributed by atoms with Crippen molar-refractivity contribution in [2.75, 3.05) is 20.1 Å². The van der Waals surface area contributed by atoms with Gasteiger partial charge in [0.15, 0.2) is 0 Å². The Balaban J connectivity index is 2.00. The van der Waals surface area contributed by atoms with E-state index in [0.29, 0.717) is 36.5 Å². The Morgan fingerprint density at radius 3 is 2.47 bits per heavy atom. The number of rotatable bonds is 2. The number of nitrogens with zero attached hydrogens (tertiary/aromatic N) is 1. The molecule has 2 amide bonds. The summed E-state index contributed by atoms with van der Waals surface area (Å²) in [6.07, 6.45) is 1.41. The summed E-state index contributed by atoms with van der Waals surface area (Å²) in [6, 6.07) is 7.05. The summed E-state index contributed by atoms with van der Waals surface area (Å²) in [6.45, 7) is 1.20. The number of nitrogens with one attached hydrogen (secondary N) is 1. The fourth-order valence-corrected chi connectivity index (χ4v) is 2.57. The molecular formula is C14H17ClN2O2. The Labute approximate surface area is 117 Å². The Bertz CT molecular complexity index is 482. The van der Waals surface area contributed by atoms with Gasteiger partial charge in [0.1, 0.15) is 0 Å². The molecule has 0 aromatic heterocycles. The van der Waals surface area contributed by atoms with Gasteiger partial charge in [-0.3, -0.25) is 9.59 Å². The average Bonchev–Trinajstić information content (AvgIpc) is 2.46. The first-order chi connectivity index (χ1) is 9.13. The van der Waals surface area contributed by atoms with E-state index in [9.17, 15) is 9.59 Å². The molecule has 1 aliphatic heterocycles. The number of carbonyl (C=O) groups excluding carboxylic acids is 2. The van der Waals surface area contributed by atoms with Crippen LogP contribution in [-0.2, 0) is 4.79 Å². The van der Waals surface area contributed by atoms with Crippen LogP contribution in [-0.4, -0.2) is 36.9 Å². The Kier molecular flexibility index (Phi) is 4.43. The number of benzene rings is 1. The number of piperidine rings is 1. The van der Waals surface area contributed by atoms with Gasteiger partial charge in [-0.1, -0.05) is 23.7 Å². The van der Waals surface area contributed by atoms with E-state index in [-0.39, 0.29) is 17.7 Å². The maximum absolute atomic E-state index is 12.3. The van der Waals surface area contributed by atoms with Gasteiger partial charge in [0, 0.05) is 26.1 Å². The lowest BCUT2D eigenvalue weighted by molar-refractivity contribution is -0.125. The van der Waals surface area contributed by atoms with Gasteiger partial charge in [-0.05, 0) is 25.0 Å². The first kappa shape index (κ1) is 13.9. The zero-order valence-electron chi connectivity index (χ0n) is 10.9. The number of hydrogen-bond donors (Lipinski definition) is 1. The summed E-state index contributed by atoms with van der Waals surface area (Å²) in [5.41, 5.74) is 0.530. The zero-order chi connectivity index (χ0) is 13.8. The minimum absolute atomic E-state index is 0.0142. The molecule has 5 heteroatoms. The first-order valence-electron chi connectivity index (χ1n) is 6.39. The second kappa shape index (κ2) is 6.06. The standard InChI is InChI=1S/C14H17ClN2O2/c1-16-13(18)10-6-8-17(9-7-10)14(19)11-4-2-3-5-12(11)15/h2-5,10H,6-9H2,1H3,(H,16,18). The van der Waals surface area contributed by atoms with E-state index in [4.69, 9.17) is 11.6 Å². The third kappa shape index (κ3) is 3.07. The molecule has 0 radical (unpaired) electrons. The van der Waals surface area contributed by atoms with E-state index in [2.05, 4.69) is 5.32 Å². The van der Waals surface area contributed by atoms with Crippen LogP contribution in [0.15, 0.2) is 24.3 Å². The van der Waals surface area contributed by atoms with Crippen molar-refractivity contribution in [3.63, 3.8) is 0 Å². The summed E-state index contributed by atoms with van der Waals surface area (Å²) >= 11 is 6.03. The summed E-state index contributed by atoms with van der Waals surface area (Å²) in [5.74, 6) is 0.0195. The molecule has 1 fully saturated rings.